The number of aryl methyl sites for hydroxylation is 1. The monoisotopic (exact) mass is 384 g/mol. The zero-order valence-electron chi connectivity index (χ0n) is 16.2. The van der Waals surface area contributed by atoms with Crippen LogP contribution in [0, 0.1) is 18.3 Å². The predicted octanol–water partition coefficient (Wildman–Crippen LogP) is 4.49. The van der Waals surface area contributed by atoms with Gasteiger partial charge in [0.15, 0.2) is 0 Å². The second kappa shape index (κ2) is 7.33. The van der Waals surface area contributed by atoms with E-state index in [1.807, 2.05) is 61.5 Å². The lowest BCUT2D eigenvalue weighted by molar-refractivity contribution is 0.0524. The topological polar surface area (TPSA) is 85.3 Å². The van der Waals surface area contributed by atoms with E-state index in [2.05, 4.69) is 6.07 Å². The van der Waals surface area contributed by atoms with E-state index in [0.29, 0.717) is 22.4 Å². The van der Waals surface area contributed by atoms with Crippen LogP contribution in [0.4, 0.5) is 0 Å². The highest BCUT2D eigenvalue weighted by Crippen LogP contribution is 2.52. The minimum atomic E-state index is -0.471. The van der Waals surface area contributed by atoms with Crippen LogP contribution in [0.1, 0.15) is 39.9 Å². The van der Waals surface area contributed by atoms with Gasteiger partial charge >= 0.3 is 5.97 Å². The molecule has 0 saturated heterocycles. The number of carbonyl (C=O) groups is 1. The van der Waals surface area contributed by atoms with Gasteiger partial charge in [0, 0.05) is 11.1 Å². The van der Waals surface area contributed by atoms with Crippen LogP contribution in [0.2, 0.25) is 0 Å². The first-order valence-corrected chi connectivity index (χ1v) is 9.42. The molecule has 1 aromatic rings. The Labute approximate surface area is 169 Å². The van der Waals surface area contributed by atoms with E-state index >= 15 is 0 Å². The number of carbonyl (C=O) groups excluding carboxylic acids is 1. The molecule has 2 N–H and O–H groups in total. The van der Waals surface area contributed by atoms with E-state index < -0.39 is 11.9 Å². The Morgan fingerprint density at radius 3 is 2.48 bits per heavy atom. The first-order chi connectivity index (χ1) is 14.1. The molecule has 3 aliphatic rings. The molecular formula is C24H20N2O3. The fourth-order valence-corrected chi connectivity index (χ4v) is 3.84. The summed E-state index contributed by atoms with van der Waals surface area (Å²) in [5.74, 6) is -0.527. The van der Waals surface area contributed by atoms with Crippen LogP contribution in [0.3, 0.4) is 0 Å². The zero-order chi connectivity index (χ0) is 20.5. The summed E-state index contributed by atoms with van der Waals surface area (Å²) in [6.45, 7) is 4.01. The van der Waals surface area contributed by atoms with Crippen LogP contribution >= 0.6 is 0 Å². The number of nitriles is 1. The van der Waals surface area contributed by atoms with Crippen molar-refractivity contribution in [3.8, 4) is 22.9 Å². The van der Waals surface area contributed by atoms with Crippen molar-refractivity contribution in [1.29, 1.82) is 5.26 Å². The number of esters is 1. The van der Waals surface area contributed by atoms with E-state index in [1.54, 1.807) is 6.92 Å². The molecule has 0 saturated carbocycles. The van der Waals surface area contributed by atoms with Gasteiger partial charge < -0.3 is 15.2 Å². The van der Waals surface area contributed by atoms with Gasteiger partial charge in [-0.2, -0.15) is 5.26 Å². The average Bonchev–Trinajstić information content (AvgIpc) is 2.84. The second-order valence-electron chi connectivity index (χ2n) is 6.91. The van der Waals surface area contributed by atoms with E-state index in [0.717, 1.165) is 22.3 Å². The van der Waals surface area contributed by atoms with Crippen LogP contribution in [0.25, 0.3) is 11.1 Å². The van der Waals surface area contributed by atoms with Crippen molar-refractivity contribution in [3.63, 3.8) is 0 Å². The van der Waals surface area contributed by atoms with Gasteiger partial charge in [-0.15, -0.1) is 0 Å². The van der Waals surface area contributed by atoms with Crippen LogP contribution in [-0.4, -0.2) is 12.6 Å². The number of ether oxygens (including phenoxy) is 2. The number of fused-ring (bicyclic) bond motifs is 3. The van der Waals surface area contributed by atoms with Crippen molar-refractivity contribution >= 4 is 5.97 Å². The quantitative estimate of drug-likeness (QED) is 0.672. The lowest BCUT2D eigenvalue weighted by atomic mass is 9.83. The van der Waals surface area contributed by atoms with Crippen molar-refractivity contribution < 1.29 is 14.3 Å². The smallest absolute Gasteiger partial charge is 0.342 e. The molecule has 1 aromatic carbocycles. The Kier molecular flexibility index (Phi) is 4.69. The summed E-state index contributed by atoms with van der Waals surface area (Å²) in [6.07, 6.45) is 0. The summed E-state index contributed by atoms with van der Waals surface area (Å²) in [5.41, 5.74) is 11.1. The second-order valence-corrected chi connectivity index (χ2v) is 6.91. The summed E-state index contributed by atoms with van der Waals surface area (Å²) >= 11 is 0. The Balaban J connectivity index is 2.06. The molecule has 4 rings (SSSR count). The van der Waals surface area contributed by atoms with E-state index in [-0.39, 0.29) is 12.5 Å². The normalized spacial score (nSPS) is 15.4. The van der Waals surface area contributed by atoms with Crippen molar-refractivity contribution in [3.05, 3.63) is 88.3 Å². The van der Waals surface area contributed by atoms with Gasteiger partial charge in [0.1, 0.15) is 23.0 Å². The van der Waals surface area contributed by atoms with Crippen LogP contribution in [0.5, 0.6) is 5.75 Å². The third-order valence-corrected chi connectivity index (χ3v) is 5.13. The van der Waals surface area contributed by atoms with E-state index in [4.69, 9.17) is 15.2 Å². The Morgan fingerprint density at radius 2 is 1.83 bits per heavy atom. The van der Waals surface area contributed by atoms with Gasteiger partial charge in [-0.05, 0) is 25.0 Å². The molecule has 0 aromatic heterocycles. The van der Waals surface area contributed by atoms with Gasteiger partial charge in [-0.25, -0.2) is 4.79 Å². The molecule has 2 aliphatic carbocycles. The Morgan fingerprint density at radius 1 is 1.14 bits per heavy atom. The fourth-order valence-electron chi connectivity index (χ4n) is 3.84. The van der Waals surface area contributed by atoms with Crippen molar-refractivity contribution in [1.82, 2.24) is 0 Å². The van der Waals surface area contributed by atoms with E-state index in [9.17, 15) is 10.1 Å². The maximum absolute atomic E-state index is 12.8. The lowest BCUT2D eigenvalue weighted by Crippen LogP contribution is -2.21. The molecule has 1 unspecified atom stereocenters. The molecule has 5 nitrogen and oxygen atoms in total. The highest BCUT2D eigenvalue weighted by Gasteiger charge is 2.39. The van der Waals surface area contributed by atoms with Crippen LogP contribution < -0.4 is 10.5 Å². The van der Waals surface area contributed by atoms with Gasteiger partial charge in [0.25, 0.3) is 0 Å². The van der Waals surface area contributed by atoms with Gasteiger partial charge in [0.05, 0.1) is 12.5 Å². The first kappa shape index (κ1) is 18.6. The maximum atomic E-state index is 12.8. The predicted molar refractivity (Wildman–Crippen MR) is 109 cm³/mol. The number of rotatable bonds is 3. The van der Waals surface area contributed by atoms with Crippen molar-refractivity contribution in [2.75, 3.05) is 6.61 Å². The summed E-state index contributed by atoms with van der Waals surface area (Å²) in [7, 11) is 0. The molecule has 0 bridgehead atoms. The molecule has 1 heterocycles. The number of hydrogen-bond acceptors (Lipinski definition) is 5. The van der Waals surface area contributed by atoms with Crippen LogP contribution in [-0.2, 0) is 4.74 Å². The fraction of sp³-hybridized carbons (Fsp3) is 0.167. The third-order valence-electron chi connectivity index (χ3n) is 5.13. The molecule has 29 heavy (non-hydrogen) atoms. The number of hydrogen-bond donors (Lipinski definition) is 1. The maximum Gasteiger partial charge on any atom is 0.342 e. The van der Waals surface area contributed by atoms with Crippen molar-refractivity contribution in [2.24, 2.45) is 5.73 Å². The summed E-state index contributed by atoms with van der Waals surface area (Å²) < 4.78 is 11.2. The highest BCUT2D eigenvalue weighted by molar-refractivity contribution is 6.05. The number of nitrogens with two attached hydrogens (primary N) is 1. The van der Waals surface area contributed by atoms with Gasteiger partial charge in [-0.1, -0.05) is 60.2 Å². The molecule has 144 valence electrons. The van der Waals surface area contributed by atoms with Crippen LogP contribution in [0.15, 0.2) is 66.1 Å². The first-order valence-electron chi connectivity index (χ1n) is 9.42. The molecular weight excluding hydrogens is 364 g/mol. The molecule has 1 atom stereocenters. The number of benzene rings is 1. The summed E-state index contributed by atoms with van der Waals surface area (Å²) in [4.78, 5) is 12.8. The van der Waals surface area contributed by atoms with Gasteiger partial charge in [0.2, 0.25) is 5.88 Å². The SMILES string of the molecule is CCOC(=O)c1c2cccccc-2c2c1OC(N)=C(C#N)C2c1ccc(C)cc1. The standard InChI is InChI=1S/C24H20N2O3/c1-3-28-24(27)21-17-8-6-4-5-7-16(17)20-19(15-11-9-14(2)10-12-15)18(13-25)23(26)29-22(20)21/h4-12,19H,3,26H2,1-2H3. The third kappa shape index (κ3) is 2.99. The molecule has 0 amide bonds. The minimum absolute atomic E-state index is 0.0100. The number of nitrogens with zero attached hydrogens (tertiary/aromatic N) is 1. The largest absolute Gasteiger partial charge is 0.462 e. The number of allylic oxidation sites excluding steroid dienone is 1. The molecule has 1 aliphatic heterocycles. The molecule has 0 radical (unpaired) electrons. The Bertz CT molecular complexity index is 1140. The minimum Gasteiger partial charge on any atom is -0.462 e. The summed E-state index contributed by atoms with van der Waals surface area (Å²) in [6, 6.07) is 19.6. The van der Waals surface area contributed by atoms with Gasteiger partial charge in [-0.3, -0.25) is 0 Å². The average molecular weight is 384 g/mol. The summed E-state index contributed by atoms with van der Waals surface area (Å²) in [5, 5.41) is 9.84. The molecule has 0 spiro atoms. The highest BCUT2D eigenvalue weighted by atomic mass is 16.5. The Hall–Kier alpha value is -3.78. The molecule has 0 fully saturated rings. The lowest BCUT2D eigenvalue weighted by Gasteiger charge is -2.25. The van der Waals surface area contributed by atoms with E-state index in [1.165, 1.54) is 0 Å². The molecule has 5 heteroatoms. The zero-order valence-corrected chi connectivity index (χ0v) is 16.2. The van der Waals surface area contributed by atoms with Crippen molar-refractivity contribution in [2.45, 2.75) is 19.8 Å².